The van der Waals surface area contributed by atoms with Gasteiger partial charge in [0, 0.05) is 30.1 Å². The molecule has 3 nitrogen and oxygen atoms in total. The number of aromatic nitrogens is 2. The van der Waals surface area contributed by atoms with E-state index in [2.05, 4.69) is 25.9 Å². The summed E-state index contributed by atoms with van der Waals surface area (Å²) in [4.78, 5) is 8.76. The van der Waals surface area contributed by atoms with Crippen molar-refractivity contribution in [1.29, 1.82) is 0 Å². The van der Waals surface area contributed by atoms with E-state index in [0.29, 0.717) is 5.92 Å². The molecule has 1 saturated heterocycles. The largest absolute Gasteiger partial charge is 0.300 e. The number of rotatable bonds is 2. The second-order valence-electron chi connectivity index (χ2n) is 6.02. The molecule has 3 heterocycles. The lowest BCUT2D eigenvalue weighted by Crippen LogP contribution is -2.34. The third kappa shape index (κ3) is 2.11. The van der Waals surface area contributed by atoms with Gasteiger partial charge in [-0.3, -0.25) is 9.30 Å². The van der Waals surface area contributed by atoms with Crippen molar-refractivity contribution in [3.05, 3.63) is 23.6 Å². The van der Waals surface area contributed by atoms with Crippen molar-refractivity contribution < 1.29 is 0 Å². The first-order chi connectivity index (χ1) is 9.42. The van der Waals surface area contributed by atoms with Crippen LogP contribution in [0.2, 0.25) is 0 Å². The number of hydrogen-bond acceptors (Lipinski definition) is 3. The molecule has 0 aromatic carbocycles. The Morgan fingerprint density at radius 2 is 2.05 bits per heavy atom. The van der Waals surface area contributed by atoms with Crippen LogP contribution in [0, 0.1) is 0 Å². The molecule has 2 aromatic heterocycles. The third-order valence-corrected chi connectivity index (χ3v) is 5.77. The van der Waals surface area contributed by atoms with Gasteiger partial charge in [-0.25, -0.2) is 4.98 Å². The quantitative estimate of drug-likeness (QED) is 0.836. The molecule has 2 aliphatic rings. The van der Waals surface area contributed by atoms with E-state index in [-0.39, 0.29) is 0 Å². The molecule has 2 fully saturated rings. The van der Waals surface area contributed by atoms with Crippen LogP contribution in [-0.2, 0) is 0 Å². The predicted molar refractivity (Wildman–Crippen MR) is 78.9 cm³/mol. The van der Waals surface area contributed by atoms with Crippen LogP contribution in [0.3, 0.4) is 0 Å². The summed E-state index contributed by atoms with van der Waals surface area (Å²) in [6, 6.07) is 0.861. The minimum absolute atomic E-state index is 0.658. The Bertz CT molecular complexity index is 552. The smallest absolute Gasteiger partial charge is 0.123 e. The van der Waals surface area contributed by atoms with Crippen molar-refractivity contribution in [2.24, 2.45) is 0 Å². The Labute approximate surface area is 118 Å². The maximum Gasteiger partial charge on any atom is 0.123 e. The molecule has 0 amide bonds. The van der Waals surface area contributed by atoms with Crippen molar-refractivity contribution in [1.82, 2.24) is 14.3 Å². The van der Waals surface area contributed by atoms with Crippen LogP contribution < -0.4 is 0 Å². The summed E-state index contributed by atoms with van der Waals surface area (Å²) in [7, 11) is 0. The number of likely N-dealkylation sites (tertiary alicyclic amines) is 1. The van der Waals surface area contributed by atoms with E-state index in [4.69, 9.17) is 0 Å². The monoisotopic (exact) mass is 275 g/mol. The van der Waals surface area contributed by atoms with Crippen molar-refractivity contribution in [2.45, 2.75) is 50.5 Å². The van der Waals surface area contributed by atoms with Crippen LogP contribution in [0.25, 0.3) is 4.83 Å². The molecule has 0 bridgehead atoms. The highest BCUT2D eigenvalue weighted by atomic mass is 32.1. The fourth-order valence-electron chi connectivity index (χ4n) is 3.82. The van der Waals surface area contributed by atoms with Crippen LogP contribution in [0.5, 0.6) is 0 Å². The number of nitrogens with zero attached hydrogens (tertiary/aromatic N) is 3. The second-order valence-corrected chi connectivity index (χ2v) is 6.91. The van der Waals surface area contributed by atoms with Crippen LogP contribution in [0.1, 0.15) is 50.1 Å². The van der Waals surface area contributed by atoms with Crippen LogP contribution in [-0.4, -0.2) is 33.4 Å². The Morgan fingerprint density at radius 3 is 2.95 bits per heavy atom. The van der Waals surface area contributed by atoms with Gasteiger partial charge in [0.15, 0.2) is 0 Å². The van der Waals surface area contributed by atoms with Gasteiger partial charge in [0.25, 0.3) is 0 Å². The lowest BCUT2D eigenvalue weighted by molar-refractivity contribution is 0.189. The Balaban J connectivity index is 1.51. The normalized spacial score (nSPS) is 26.4. The molecule has 1 aliphatic heterocycles. The number of imidazole rings is 1. The van der Waals surface area contributed by atoms with E-state index in [9.17, 15) is 0 Å². The van der Waals surface area contributed by atoms with Crippen molar-refractivity contribution in [3.63, 3.8) is 0 Å². The summed E-state index contributed by atoms with van der Waals surface area (Å²) in [5.41, 5.74) is 1.34. The van der Waals surface area contributed by atoms with Gasteiger partial charge in [0.05, 0.1) is 5.69 Å². The van der Waals surface area contributed by atoms with Gasteiger partial charge in [0.2, 0.25) is 0 Å². The van der Waals surface area contributed by atoms with E-state index in [1.165, 1.54) is 62.1 Å². The van der Waals surface area contributed by atoms with Crippen molar-refractivity contribution >= 4 is 16.2 Å². The highest BCUT2D eigenvalue weighted by Crippen LogP contribution is 2.34. The molecule has 0 unspecified atom stereocenters. The summed E-state index contributed by atoms with van der Waals surface area (Å²) >= 11 is 1.83. The summed E-state index contributed by atoms with van der Waals surface area (Å²) in [5.74, 6) is 0.658. The molecule has 4 rings (SSSR count). The molecule has 0 radical (unpaired) electrons. The average Bonchev–Trinajstić information content (AvgIpc) is 3.15. The lowest BCUT2D eigenvalue weighted by atomic mass is 9.94. The molecule has 1 atom stereocenters. The van der Waals surface area contributed by atoms with Gasteiger partial charge >= 0.3 is 0 Å². The first-order valence-electron chi connectivity index (χ1n) is 7.56. The highest BCUT2D eigenvalue weighted by molar-refractivity contribution is 7.15. The predicted octanol–water partition coefficient (Wildman–Crippen LogP) is 3.52. The molecule has 19 heavy (non-hydrogen) atoms. The fourth-order valence-corrected chi connectivity index (χ4v) is 4.71. The van der Waals surface area contributed by atoms with Gasteiger partial charge in [-0.15, -0.1) is 11.3 Å². The number of fused-ring (bicyclic) bond motifs is 1. The van der Waals surface area contributed by atoms with E-state index in [0.717, 1.165) is 6.04 Å². The molecular weight excluding hydrogens is 254 g/mol. The average molecular weight is 275 g/mol. The Morgan fingerprint density at radius 1 is 1.16 bits per heavy atom. The zero-order chi connectivity index (χ0) is 12.7. The van der Waals surface area contributed by atoms with Crippen molar-refractivity contribution in [2.75, 3.05) is 13.1 Å². The third-order valence-electron chi connectivity index (χ3n) is 4.87. The Hall–Kier alpha value is -0.870. The first-order valence-corrected chi connectivity index (χ1v) is 8.44. The SMILES string of the molecule is c1cn2cnc([C@@H]3CCN(C4CCCCC4)C3)c2s1. The number of hydrogen-bond donors (Lipinski definition) is 0. The number of thiazole rings is 1. The van der Waals surface area contributed by atoms with Gasteiger partial charge in [-0.1, -0.05) is 19.3 Å². The first kappa shape index (κ1) is 11.9. The van der Waals surface area contributed by atoms with Crippen LogP contribution >= 0.6 is 11.3 Å². The van der Waals surface area contributed by atoms with E-state index in [1.807, 2.05) is 17.7 Å². The zero-order valence-electron chi connectivity index (χ0n) is 11.3. The standard InChI is InChI=1S/C15H21N3S/c1-2-4-13(5-3-1)17-7-6-12(10-17)14-15-18(11-16-14)8-9-19-15/h8-9,11-13H,1-7,10H2/t12-/m1/s1. The highest BCUT2D eigenvalue weighted by Gasteiger charge is 2.31. The summed E-state index contributed by atoms with van der Waals surface area (Å²) in [6.45, 7) is 2.51. The van der Waals surface area contributed by atoms with Crippen molar-refractivity contribution in [3.8, 4) is 0 Å². The lowest BCUT2D eigenvalue weighted by Gasteiger charge is -2.30. The van der Waals surface area contributed by atoms with Crippen LogP contribution in [0.15, 0.2) is 17.9 Å². The maximum absolute atomic E-state index is 4.66. The minimum Gasteiger partial charge on any atom is -0.300 e. The van der Waals surface area contributed by atoms with Gasteiger partial charge in [0.1, 0.15) is 11.2 Å². The second kappa shape index (κ2) is 4.91. The summed E-state index contributed by atoms with van der Waals surface area (Å²) < 4.78 is 2.17. The van der Waals surface area contributed by atoms with Crippen LogP contribution in [0.4, 0.5) is 0 Å². The minimum atomic E-state index is 0.658. The van der Waals surface area contributed by atoms with Gasteiger partial charge in [-0.2, -0.15) is 0 Å². The molecule has 4 heteroatoms. The molecule has 102 valence electrons. The van der Waals surface area contributed by atoms with Gasteiger partial charge < -0.3 is 0 Å². The van der Waals surface area contributed by atoms with E-state index in [1.54, 1.807) is 0 Å². The molecule has 0 N–H and O–H groups in total. The molecular formula is C15H21N3S. The summed E-state index contributed by atoms with van der Waals surface area (Å²) in [6.07, 6.45) is 12.5. The molecule has 0 spiro atoms. The van der Waals surface area contributed by atoms with E-state index < -0.39 is 0 Å². The molecule has 1 saturated carbocycles. The molecule has 2 aromatic rings. The topological polar surface area (TPSA) is 20.5 Å². The van der Waals surface area contributed by atoms with E-state index >= 15 is 0 Å². The molecule has 1 aliphatic carbocycles. The maximum atomic E-state index is 4.66. The Kier molecular flexibility index (Phi) is 3.08. The zero-order valence-corrected chi connectivity index (χ0v) is 12.1. The van der Waals surface area contributed by atoms with Gasteiger partial charge in [-0.05, 0) is 25.8 Å². The fraction of sp³-hybridized carbons (Fsp3) is 0.667. The summed E-state index contributed by atoms with van der Waals surface area (Å²) in [5, 5.41) is 2.16.